The van der Waals surface area contributed by atoms with Gasteiger partial charge in [-0.3, -0.25) is 0 Å². The maximum Gasteiger partial charge on any atom is 0.175 e. The first-order valence-corrected chi connectivity index (χ1v) is 9.61. The summed E-state index contributed by atoms with van der Waals surface area (Å²) in [7, 11) is 1.95. The normalized spacial score (nSPS) is 10.0. The minimum absolute atomic E-state index is 0. The van der Waals surface area contributed by atoms with Crippen LogP contribution in [0.3, 0.4) is 0 Å². The van der Waals surface area contributed by atoms with Crippen LogP contribution >= 0.6 is 40.7 Å². The van der Waals surface area contributed by atoms with E-state index < -0.39 is 0 Å². The fourth-order valence-electron chi connectivity index (χ4n) is 2.49. The van der Waals surface area contributed by atoms with E-state index in [4.69, 9.17) is 9.47 Å². The quantitative estimate of drug-likeness (QED) is 0.423. The molecule has 2 rings (SSSR count). The average molecular weight is 498 g/mol. The molecule has 4 nitrogen and oxygen atoms in total. The van der Waals surface area contributed by atoms with E-state index >= 15 is 0 Å². The van der Waals surface area contributed by atoms with Gasteiger partial charge in [-0.05, 0) is 84.8 Å². The molecule has 8 heteroatoms. The minimum atomic E-state index is -0.253. The molecule has 0 aliphatic heterocycles. The van der Waals surface area contributed by atoms with Gasteiger partial charge in [0.1, 0.15) is 12.4 Å². The first-order chi connectivity index (χ1) is 12.6. The fourth-order valence-corrected chi connectivity index (χ4v) is 3.09. The standard InChI is InChI=1S/C20H26BrFN2O2.2ClH/c1-3-25-19-12-16(13-24-10-4-9-23-2)11-18(21)20(19)26-14-15-5-7-17(22)8-6-15;;/h5-8,11-12,23-24H,3-4,9-10,13-14H2,1-2H3;2*1H. The minimum Gasteiger partial charge on any atom is -0.490 e. The summed E-state index contributed by atoms with van der Waals surface area (Å²) in [5, 5.41) is 6.56. The zero-order chi connectivity index (χ0) is 18.8. The highest BCUT2D eigenvalue weighted by Gasteiger charge is 2.12. The number of ether oxygens (including phenoxy) is 2. The summed E-state index contributed by atoms with van der Waals surface area (Å²) >= 11 is 3.58. The molecule has 0 atom stereocenters. The van der Waals surface area contributed by atoms with Crippen LogP contribution in [0.25, 0.3) is 0 Å². The van der Waals surface area contributed by atoms with Gasteiger partial charge in [0.05, 0.1) is 11.1 Å². The molecule has 0 bridgehead atoms. The van der Waals surface area contributed by atoms with Gasteiger partial charge in [-0.25, -0.2) is 4.39 Å². The SMILES string of the molecule is CCOc1cc(CNCCCNC)cc(Br)c1OCc1ccc(F)cc1.Cl.Cl. The third-order valence-corrected chi connectivity index (χ3v) is 4.36. The van der Waals surface area contributed by atoms with Gasteiger partial charge in [0.2, 0.25) is 0 Å². The molecule has 158 valence electrons. The zero-order valence-corrected chi connectivity index (χ0v) is 19.3. The lowest BCUT2D eigenvalue weighted by Crippen LogP contribution is -2.19. The van der Waals surface area contributed by atoms with Crippen molar-refractivity contribution in [2.24, 2.45) is 0 Å². The Morgan fingerprint density at radius 1 is 1.00 bits per heavy atom. The van der Waals surface area contributed by atoms with E-state index in [2.05, 4.69) is 26.6 Å². The largest absolute Gasteiger partial charge is 0.490 e. The molecule has 2 aromatic carbocycles. The number of halogens is 4. The summed E-state index contributed by atoms with van der Waals surface area (Å²) in [6.45, 7) is 5.56. The Bertz CT molecular complexity index is 691. The third-order valence-electron chi connectivity index (χ3n) is 3.78. The lowest BCUT2D eigenvalue weighted by Gasteiger charge is -2.16. The van der Waals surface area contributed by atoms with Gasteiger partial charge in [-0.15, -0.1) is 24.8 Å². The van der Waals surface area contributed by atoms with E-state index in [1.54, 1.807) is 12.1 Å². The number of hydrogen-bond acceptors (Lipinski definition) is 4. The summed E-state index contributed by atoms with van der Waals surface area (Å²) < 4.78 is 25.6. The Kier molecular flexibility index (Phi) is 14.3. The summed E-state index contributed by atoms with van der Waals surface area (Å²) in [5.41, 5.74) is 2.02. The molecular weight excluding hydrogens is 470 g/mol. The van der Waals surface area contributed by atoms with E-state index in [1.165, 1.54) is 12.1 Å². The van der Waals surface area contributed by atoms with Gasteiger partial charge in [0, 0.05) is 6.54 Å². The Balaban J connectivity index is 0.00000364. The van der Waals surface area contributed by atoms with Crippen molar-refractivity contribution in [3.05, 3.63) is 57.8 Å². The second kappa shape index (κ2) is 14.9. The molecule has 0 heterocycles. The Morgan fingerprint density at radius 3 is 2.36 bits per heavy atom. The topological polar surface area (TPSA) is 42.5 Å². The molecule has 2 N–H and O–H groups in total. The second-order valence-electron chi connectivity index (χ2n) is 5.89. The number of benzene rings is 2. The molecule has 2 aromatic rings. The molecule has 0 aromatic heterocycles. The van der Waals surface area contributed by atoms with Crippen molar-refractivity contribution in [1.29, 1.82) is 0 Å². The Labute approximate surface area is 187 Å². The van der Waals surface area contributed by atoms with E-state index in [-0.39, 0.29) is 30.6 Å². The zero-order valence-electron chi connectivity index (χ0n) is 16.1. The second-order valence-corrected chi connectivity index (χ2v) is 6.74. The molecule has 0 amide bonds. The highest BCUT2D eigenvalue weighted by molar-refractivity contribution is 9.10. The van der Waals surface area contributed by atoms with Crippen LogP contribution < -0.4 is 20.1 Å². The van der Waals surface area contributed by atoms with Crippen LogP contribution in [0.1, 0.15) is 24.5 Å². The molecule has 0 unspecified atom stereocenters. The van der Waals surface area contributed by atoms with Crippen LogP contribution in [0.5, 0.6) is 11.5 Å². The van der Waals surface area contributed by atoms with E-state index in [0.29, 0.717) is 24.7 Å². The van der Waals surface area contributed by atoms with Gasteiger partial charge in [0.15, 0.2) is 11.5 Å². The van der Waals surface area contributed by atoms with Crippen molar-refractivity contribution in [1.82, 2.24) is 10.6 Å². The highest BCUT2D eigenvalue weighted by atomic mass is 79.9. The summed E-state index contributed by atoms with van der Waals surface area (Å²) in [6.07, 6.45) is 1.08. The third kappa shape index (κ3) is 8.97. The van der Waals surface area contributed by atoms with Gasteiger partial charge in [-0.1, -0.05) is 12.1 Å². The molecule has 28 heavy (non-hydrogen) atoms. The van der Waals surface area contributed by atoms with Gasteiger partial charge >= 0.3 is 0 Å². The lowest BCUT2D eigenvalue weighted by molar-refractivity contribution is 0.267. The molecule has 0 saturated carbocycles. The maximum atomic E-state index is 13.0. The molecule has 0 radical (unpaired) electrons. The van der Waals surface area contributed by atoms with Crippen LogP contribution in [0.2, 0.25) is 0 Å². The average Bonchev–Trinajstić information content (AvgIpc) is 2.62. The van der Waals surface area contributed by atoms with Crippen LogP contribution in [0, 0.1) is 5.82 Å². The highest BCUT2D eigenvalue weighted by Crippen LogP contribution is 2.37. The molecule has 0 spiro atoms. The van der Waals surface area contributed by atoms with Crippen LogP contribution in [0.4, 0.5) is 4.39 Å². The van der Waals surface area contributed by atoms with Crippen molar-refractivity contribution in [3.63, 3.8) is 0 Å². The first kappa shape index (κ1) is 27.0. The molecule has 0 aliphatic carbocycles. The predicted molar refractivity (Wildman–Crippen MR) is 121 cm³/mol. The van der Waals surface area contributed by atoms with Crippen molar-refractivity contribution >= 4 is 40.7 Å². The predicted octanol–water partition coefficient (Wildman–Crippen LogP) is 5.11. The monoisotopic (exact) mass is 496 g/mol. The molecule has 0 fully saturated rings. The Morgan fingerprint density at radius 2 is 1.71 bits per heavy atom. The first-order valence-electron chi connectivity index (χ1n) is 8.81. The van der Waals surface area contributed by atoms with Gasteiger partial charge < -0.3 is 20.1 Å². The molecule has 0 saturated heterocycles. The summed E-state index contributed by atoms with van der Waals surface area (Å²) in [5.74, 6) is 1.11. The van der Waals surface area contributed by atoms with Crippen LogP contribution in [-0.2, 0) is 13.2 Å². The van der Waals surface area contributed by atoms with E-state index in [9.17, 15) is 4.39 Å². The molecule has 0 aliphatic rings. The summed E-state index contributed by atoms with van der Waals surface area (Å²) in [4.78, 5) is 0. The maximum absolute atomic E-state index is 13.0. The fraction of sp³-hybridized carbons (Fsp3) is 0.400. The van der Waals surface area contributed by atoms with Crippen molar-refractivity contribution < 1.29 is 13.9 Å². The number of hydrogen-bond donors (Lipinski definition) is 2. The lowest BCUT2D eigenvalue weighted by atomic mass is 10.2. The van der Waals surface area contributed by atoms with E-state index in [0.717, 1.165) is 41.7 Å². The number of rotatable bonds is 11. The van der Waals surface area contributed by atoms with Crippen LogP contribution in [0.15, 0.2) is 40.9 Å². The summed E-state index contributed by atoms with van der Waals surface area (Å²) in [6, 6.07) is 10.3. The number of nitrogens with one attached hydrogen (secondary N) is 2. The Hall–Kier alpha value is -1.05. The van der Waals surface area contributed by atoms with Crippen LogP contribution in [-0.4, -0.2) is 26.7 Å². The van der Waals surface area contributed by atoms with Crippen molar-refractivity contribution in [2.75, 3.05) is 26.7 Å². The van der Waals surface area contributed by atoms with Crippen molar-refractivity contribution in [2.45, 2.75) is 26.5 Å². The molecular formula is C20H28BrCl2FN2O2. The van der Waals surface area contributed by atoms with Crippen molar-refractivity contribution in [3.8, 4) is 11.5 Å². The van der Waals surface area contributed by atoms with Gasteiger partial charge in [-0.2, -0.15) is 0 Å². The van der Waals surface area contributed by atoms with Gasteiger partial charge in [0.25, 0.3) is 0 Å². The van der Waals surface area contributed by atoms with E-state index in [1.807, 2.05) is 26.1 Å². The smallest absolute Gasteiger partial charge is 0.175 e.